The van der Waals surface area contributed by atoms with Gasteiger partial charge in [-0.1, -0.05) is 17.7 Å². The van der Waals surface area contributed by atoms with Crippen LogP contribution in [0.5, 0.6) is 0 Å². The van der Waals surface area contributed by atoms with Crippen LogP contribution in [0.25, 0.3) is 5.52 Å². The van der Waals surface area contributed by atoms with Crippen molar-refractivity contribution in [2.24, 2.45) is 5.92 Å². The maximum Gasteiger partial charge on any atom is 0.114 e. The van der Waals surface area contributed by atoms with Crippen LogP contribution < -0.4 is 0 Å². The van der Waals surface area contributed by atoms with Gasteiger partial charge in [0.05, 0.1) is 11.7 Å². The number of hydrogen-bond acceptors (Lipinski definition) is 2. The molecule has 0 aliphatic carbocycles. The molecule has 0 atom stereocenters. The number of aromatic nitrogens is 2. The van der Waals surface area contributed by atoms with Gasteiger partial charge in [-0.05, 0) is 42.4 Å². The number of hydrogen-bond donors (Lipinski definition) is 0. The molecule has 0 saturated carbocycles. The monoisotopic (exact) mass is 266 g/mol. The average molecular weight is 267 g/mol. The van der Waals surface area contributed by atoms with Crippen molar-refractivity contribution in [1.29, 1.82) is 0 Å². The van der Waals surface area contributed by atoms with Crippen LogP contribution in [0.1, 0.15) is 18.7 Å². The topological polar surface area (TPSA) is 17.3 Å². The number of fused-ring (bicyclic) bond motifs is 1. The summed E-state index contributed by atoms with van der Waals surface area (Å²) in [5, 5.41) is 0.764. The first-order valence-electron chi connectivity index (χ1n) is 6.03. The lowest BCUT2D eigenvalue weighted by atomic mass is 9.98. The van der Waals surface area contributed by atoms with Crippen LogP contribution in [0.15, 0.2) is 24.4 Å². The highest BCUT2D eigenvalue weighted by Crippen LogP contribution is 2.26. The zero-order valence-corrected chi connectivity index (χ0v) is 11.2. The third-order valence-electron chi connectivity index (χ3n) is 3.39. The van der Waals surface area contributed by atoms with E-state index in [1.165, 1.54) is 24.3 Å². The number of halogens is 1. The molecule has 4 heteroatoms. The van der Waals surface area contributed by atoms with Crippen LogP contribution in [0.2, 0.25) is 5.15 Å². The van der Waals surface area contributed by atoms with Crippen LogP contribution >= 0.6 is 23.4 Å². The average Bonchev–Trinajstić information content (AvgIpc) is 2.75. The smallest absolute Gasteiger partial charge is 0.114 e. The van der Waals surface area contributed by atoms with E-state index in [0.29, 0.717) is 0 Å². The van der Waals surface area contributed by atoms with Gasteiger partial charge in [0.25, 0.3) is 0 Å². The van der Waals surface area contributed by atoms with E-state index in [9.17, 15) is 0 Å². The van der Waals surface area contributed by atoms with Gasteiger partial charge in [-0.15, -0.1) is 0 Å². The Balaban J connectivity index is 1.89. The SMILES string of the molecule is Clc1cccc2cnc(CC3CCSCC3)n12. The molecule has 3 rings (SSSR count). The van der Waals surface area contributed by atoms with Crippen LogP contribution in [-0.2, 0) is 6.42 Å². The zero-order chi connectivity index (χ0) is 11.7. The van der Waals surface area contributed by atoms with E-state index in [1.54, 1.807) is 0 Å². The molecule has 1 aliphatic heterocycles. The summed E-state index contributed by atoms with van der Waals surface area (Å²) in [5.74, 6) is 4.48. The van der Waals surface area contributed by atoms with E-state index < -0.39 is 0 Å². The van der Waals surface area contributed by atoms with Crippen LogP contribution in [-0.4, -0.2) is 20.9 Å². The third-order valence-corrected chi connectivity index (χ3v) is 4.73. The van der Waals surface area contributed by atoms with Crippen molar-refractivity contribution in [2.45, 2.75) is 19.3 Å². The second-order valence-electron chi connectivity index (χ2n) is 4.54. The van der Waals surface area contributed by atoms with Gasteiger partial charge in [-0.2, -0.15) is 11.8 Å². The molecule has 2 nitrogen and oxygen atoms in total. The Labute approximate surface area is 110 Å². The Morgan fingerprint density at radius 3 is 3.00 bits per heavy atom. The first-order chi connectivity index (χ1) is 8.34. The van der Waals surface area contributed by atoms with Gasteiger partial charge in [0.1, 0.15) is 11.0 Å². The van der Waals surface area contributed by atoms with E-state index in [1.807, 2.05) is 18.3 Å². The minimum absolute atomic E-state index is 0.764. The van der Waals surface area contributed by atoms with Gasteiger partial charge < -0.3 is 0 Å². The fourth-order valence-electron chi connectivity index (χ4n) is 2.42. The van der Waals surface area contributed by atoms with Crippen molar-refractivity contribution in [2.75, 3.05) is 11.5 Å². The molecule has 0 bridgehead atoms. The van der Waals surface area contributed by atoms with Crippen molar-refractivity contribution in [3.8, 4) is 0 Å². The molecule has 3 heterocycles. The van der Waals surface area contributed by atoms with E-state index >= 15 is 0 Å². The second kappa shape index (κ2) is 4.91. The zero-order valence-electron chi connectivity index (χ0n) is 9.60. The third kappa shape index (κ3) is 2.31. The standard InChI is InChI=1S/C13H15ClN2S/c14-12-3-1-2-11-9-15-13(16(11)12)8-10-4-6-17-7-5-10/h1-3,9-10H,4-8H2. The van der Waals surface area contributed by atoms with Gasteiger partial charge in [-0.25, -0.2) is 4.98 Å². The van der Waals surface area contributed by atoms with Gasteiger partial charge in [0.15, 0.2) is 0 Å². The molecular weight excluding hydrogens is 252 g/mol. The van der Waals surface area contributed by atoms with Crippen LogP contribution in [0.3, 0.4) is 0 Å². The summed E-state index contributed by atoms with van der Waals surface area (Å²) in [7, 11) is 0. The Hall–Kier alpha value is -0.670. The van der Waals surface area contributed by atoms with E-state index in [4.69, 9.17) is 11.6 Å². The van der Waals surface area contributed by atoms with Crippen molar-refractivity contribution in [3.05, 3.63) is 35.4 Å². The fourth-order valence-corrected chi connectivity index (χ4v) is 3.89. The lowest BCUT2D eigenvalue weighted by Gasteiger charge is -2.20. The summed E-state index contributed by atoms with van der Waals surface area (Å²) in [4.78, 5) is 4.52. The fraction of sp³-hybridized carbons (Fsp3) is 0.462. The van der Waals surface area contributed by atoms with Crippen molar-refractivity contribution in [3.63, 3.8) is 0 Å². The highest BCUT2D eigenvalue weighted by Gasteiger charge is 2.17. The Bertz CT molecular complexity index is 517. The summed E-state index contributed by atoms with van der Waals surface area (Å²) >= 11 is 8.30. The van der Waals surface area contributed by atoms with Crippen LogP contribution in [0, 0.1) is 5.92 Å². The first kappa shape index (κ1) is 11.4. The summed E-state index contributed by atoms with van der Waals surface area (Å²) in [6.07, 6.45) is 5.59. The quantitative estimate of drug-likeness (QED) is 0.772. The highest BCUT2D eigenvalue weighted by molar-refractivity contribution is 7.99. The number of rotatable bonds is 2. The number of thioether (sulfide) groups is 1. The largest absolute Gasteiger partial charge is 0.287 e. The Morgan fingerprint density at radius 1 is 1.35 bits per heavy atom. The normalized spacial score (nSPS) is 17.7. The molecule has 0 radical (unpaired) electrons. The minimum atomic E-state index is 0.764. The van der Waals surface area contributed by atoms with Gasteiger partial charge >= 0.3 is 0 Å². The lowest BCUT2D eigenvalue weighted by Crippen LogP contribution is -2.14. The molecule has 2 aromatic rings. The molecular formula is C13H15ClN2S. The number of imidazole rings is 1. The van der Waals surface area contributed by atoms with Crippen molar-refractivity contribution < 1.29 is 0 Å². The maximum atomic E-state index is 6.24. The molecule has 17 heavy (non-hydrogen) atoms. The molecule has 0 amide bonds. The molecule has 0 unspecified atom stereocenters. The number of pyridine rings is 1. The van der Waals surface area contributed by atoms with E-state index in [2.05, 4.69) is 27.2 Å². The molecule has 1 fully saturated rings. The maximum absolute atomic E-state index is 6.24. The lowest BCUT2D eigenvalue weighted by molar-refractivity contribution is 0.475. The summed E-state index contributed by atoms with van der Waals surface area (Å²) < 4.78 is 2.07. The highest BCUT2D eigenvalue weighted by atomic mass is 35.5. The molecule has 1 saturated heterocycles. The van der Waals surface area contributed by atoms with Gasteiger partial charge in [-0.3, -0.25) is 4.40 Å². The predicted octanol–water partition coefficient (Wildman–Crippen LogP) is 3.67. The van der Waals surface area contributed by atoms with E-state index in [0.717, 1.165) is 28.8 Å². The van der Waals surface area contributed by atoms with Crippen molar-refractivity contribution >= 4 is 28.9 Å². The Morgan fingerprint density at radius 2 is 2.18 bits per heavy atom. The summed E-state index contributed by atoms with van der Waals surface area (Å²) in [6, 6.07) is 5.95. The molecule has 0 spiro atoms. The molecule has 90 valence electrons. The summed E-state index contributed by atoms with van der Waals surface area (Å²) in [5.41, 5.74) is 1.10. The summed E-state index contributed by atoms with van der Waals surface area (Å²) in [6.45, 7) is 0. The van der Waals surface area contributed by atoms with Gasteiger partial charge in [0.2, 0.25) is 0 Å². The minimum Gasteiger partial charge on any atom is -0.287 e. The number of nitrogens with zero attached hydrogens (tertiary/aromatic N) is 2. The molecule has 1 aliphatic rings. The Kier molecular flexibility index (Phi) is 3.30. The van der Waals surface area contributed by atoms with E-state index in [-0.39, 0.29) is 0 Å². The molecule has 0 aromatic carbocycles. The predicted molar refractivity (Wildman–Crippen MR) is 74.0 cm³/mol. The van der Waals surface area contributed by atoms with Crippen LogP contribution in [0.4, 0.5) is 0 Å². The molecule has 2 aromatic heterocycles. The molecule has 0 N–H and O–H groups in total. The van der Waals surface area contributed by atoms with Crippen molar-refractivity contribution in [1.82, 2.24) is 9.38 Å². The van der Waals surface area contributed by atoms with Gasteiger partial charge in [0, 0.05) is 6.42 Å². The second-order valence-corrected chi connectivity index (χ2v) is 6.16. The first-order valence-corrected chi connectivity index (χ1v) is 7.56.